The van der Waals surface area contributed by atoms with Gasteiger partial charge >= 0.3 is 0 Å². The Morgan fingerprint density at radius 3 is 2.66 bits per heavy atom. The van der Waals surface area contributed by atoms with E-state index in [1.165, 1.54) is 20.7 Å². The summed E-state index contributed by atoms with van der Waals surface area (Å²) in [7, 11) is 0. The molecule has 5 rings (SSSR count). The van der Waals surface area contributed by atoms with Crippen LogP contribution in [0.5, 0.6) is 0 Å². The molecule has 1 amide bonds. The van der Waals surface area contributed by atoms with E-state index in [4.69, 9.17) is 14.7 Å². The number of carbonyl (C=O) groups excluding carboxylic acids is 1. The summed E-state index contributed by atoms with van der Waals surface area (Å²) in [5.41, 5.74) is 1.26. The number of benzene rings is 1. The van der Waals surface area contributed by atoms with Crippen LogP contribution in [0.4, 0.5) is 5.82 Å². The molecule has 2 aromatic heterocycles. The molecule has 0 aliphatic carbocycles. The van der Waals surface area contributed by atoms with Crippen molar-refractivity contribution in [3.8, 4) is 0 Å². The Balaban J connectivity index is 1.37. The van der Waals surface area contributed by atoms with Crippen LogP contribution < -0.4 is 4.90 Å². The number of thiophene rings is 1. The van der Waals surface area contributed by atoms with Crippen molar-refractivity contribution in [2.24, 2.45) is 0 Å². The van der Waals surface area contributed by atoms with E-state index in [1.54, 1.807) is 23.1 Å². The average molecular weight is 469 g/mol. The molecule has 2 aliphatic heterocycles. The van der Waals surface area contributed by atoms with Crippen molar-refractivity contribution < 1.29 is 9.53 Å². The number of anilines is 1. The molecule has 32 heavy (non-hydrogen) atoms. The Morgan fingerprint density at radius 1 is 1.16 bits per heavy atom. The quantitative estimate of drug-likeness (QED) is 0.517. The van der Waals surface area contributed by atoms with Gasteiger partial charge in [0.2, 0.25) is 0 Å². The molecule has 1 aromatic carbocycles. The summed E-state index contributed by atoms with van der Waals surface area (Å²) < 4.78 is 5.61. The minimum atomic E-state index is -0.240. The summed E-state index contributed by atoms with van der Waals surface area (Å²) in [5.74, 6) is 2.77. The lowest BCUT2D eigenvalue weighted by atomic mass is 10.1. The predicted molar refractivity (Wildman–Crippen MR) is 131 cm³/mol. The van der Waals surface area contributed by atoms with E-state index in [9.17, 15) is 4.79 Å². The van der Waals surface area contributed by atoms with Gasteiger partial charge in [-0.15, -0.1) is 23.1 Å². The van der Waals surface area contributed by atoms with Crippen LogP contribution in [0.3, 0.4) is 0 Å². The van der Waals surface area contributed by atoms with Gasteiger partial charge in [-0.3, -0.25) is 4.79 Å². The molecule has 2 aliphatic rings. The number of amides is 1. The van der Waals surface area contributed by atoms with Crippen LogP contribution in [0.1, 0.15) is 29.1 Å². The average Bonchev–Trinajstić information content (AvgIpc) is 3.46. The first-order chi connectivity index (χ1) is 15.6. The minimum absolute atomic E-state index is 0.150. The van der Waals surface area contributed by atoms with E-state index in [0.717, 1.165) is 48.2 Å². The maximum Gasteiger partial charge on any atom is 0.251 e. The van der Waals surface area contributed by atoms with Crippen molar-refractivity contribution in [3.05, 3.63) is 46.6 Å². The molecule has 0 saturated carbocycles. The van der Waals surface area contributed by atoms with Gasteiger partial charge in [0, 0.05) is 42.6 Å². The first kappa shape index (κ1) is 21.7. The maximum absolute atomic E-state index is 12.7. The number of aryl methyl sites for hydroxylation is 2. The molecule has 2 fully saturated rings. The molecule has 1 unspecified atom stereocenters. The molecule has 6 nitrogen and oxygen atoms in total. The Bertz CT molecular complexity index is 1100. The molecular formula is C24H28N4O2S2. The lowest BCUT2D eigenvalue weighted by Gasteiger charge is -2.36. The van der Waals surface area contributed by atoms with E-state index in [0.29, 0.717) is 19.7 Å². The highest BCUT2D eigenvalue weighted by Crippen LogP contribution is 2.36. The second-order valence-electron chi connectivity index (χ2n) is 8.34. The second kappa shape index (κ2) is 9.37. The van der Waals surface area contributed by atoms with Gasteiger partial charge in [0.15, 0.2) is 0 Å². The van der Waals surface area contributed by atoms with Crippen LogP contribution in [0.2, 0.25) is 0 Å². The second-order valence-corrected chi connectivity index (χ2v) is 10.6. The van der Waals surface area contributed by atoms with Crippen LogP contribution in [0.25, 0.3) is 10.2 Å². The van der Waals surface area contributed by atoms with E-state index in [1.807, 2.05) is 11.0 Å². The Morgan fingerprint density at radius 2 is 1.94 bits per heavy atom. The summed E-state index contributed by atoms with van der Waals surface area (Å²) in [6.07, 6.45) is 1.59. The molecule has 3 aromatic rings. The van der Waals surface area contributed by atoms with E-state index in [2.05, 4.69) is 43.0 Å². The fourth-order valence-corrected chi connectivity index (χ4v) is 6.16. The SMILES string of the molecule is Cc1sc2nc(CSc3ccccc3)nc(N3CCN(C(=O)C4CCCO4)CC3)c2c1C. The van der Waals surface area contributed by atoms with Crippen molar-refractivity contribution in [2.75, 3.05) is 37.7 Å². The van der Waals surface area contributed by atoms with Crippen molar-refractivity contribution in [2.45, 2.75) is 43.4 Å². The van der Waals surface area contributed by atoms with Gasteiger partial charge in [-0.1, -0.05) is 18.2 Å². The number of hydrogen-bond acceptors (Lipinski definition) is 7. The monoisotopic (exact) mass is 468 g/mol. The van der Waals surface area contributed by atoms with Crippen LogP contribution in [-0.2, 0) is 15.3 Å². The predicted octanol–water partition coefficient (Wildman–Crippen LogP) is 4.43. The molecule has 8 heteroatoms. The van der Waals surface area contributed by atoms with Gasteiger partial charge < -0.3 is 14.5 Å². The third-order valence-corrected chi connectivity index (χ3v) is 8.37. The van der Waals surface area contributed by atoms with E-state index in [-0.39, 0.29) is 12.0 Å². The molecule has 168 valence electrons. The van der Waals surface area contributed by atoms with E-state index < -0.39 is 0 Å². The summed E-state index contributed by atoms with van der Waals surface area (Å²) in [6.45, 7) is 8.00. The van der Waals surface area contributed by atoms with Crippen molar-refractivity contribution in [1.82, 2.24) is 14.9 Å². The summed E-state index contributed by atoms with van der Waals surface area (Å²) in [5, 5.41) is 1.17. The van der Waals surface area contributed by atoms with E-state index >= 15 is 0 Å². The molecule has 1 atom stereocenters. The van der Waals surface area contributed by atoms with Crippen LogP contribution >= 0.6 is 23.1 Å². The number of thioether (sulfide) groups is 1. The third kappa shape index (κ3) is 4.36. The molecule has 2 saturated heterocycles. The summed E-state index contributed by atoms with van der Waals surface area (Å²) in [4.78, 5) is 30.5. The zero-order valence-corrected chi connectivity index (χ0v) is 20.2. The first-order valence-electron chi connectivity index (χ1n) is 11.2. The smallest absolute Gasteiger partial charge is 0.251 e. The van der Waals surface area contributed by atoms with Gasteiger partial charge in [-0.05, 0) is 44.4 Å². The minimum Gasteiger partial charge on any atom is -0.368 e. The Hall–Kier alpha value is -2.16. The molecule has 0 spiro atoms. The van der Waals surface area contributed by atoms with Crippen molar-refractivity contribution >= 4 is 45.0 Å². The van der Waals surface area contributed by atoms with Gasteiger partial charge in [-0.25, -0.2) is 9.97 Å². The lowest BCUT2D eigenvalue weighted by molar-refractivity contribution is -0.141. The number of fused-ring (bicyclic) bond motifs is 1. The number of aromatic nitrogens is 2. The number of ether oxygens (including phenoxy) is 1. The van der Waals surface area contributed by atoms with Crippen LogP contribution in [0.15, 0.2) is 35.2 Å². The summed E-state index contributed by atoms with van der Waals surface area (Å²) >= 11 is 3.51. The number of rotatable bonds is 5. The molecule has 0 radical (unpaired) electrons. The Kier molecular flexibility index (Phi) is 6.35. The number of carbonyl (C=O) groups is 1. The molecule has 4 heterocycles. The molecule has 0 N–H and O–H groups in total. The topological polar surface area (TPSA) is 58.6 Å². The highest BCUT2D eigenvalue weighted by molar-refractivity contribution is 7.98. The zero-order valence-electron chi connectivity index (χ0n) is 18.5. The van der Waals surface area contributed by atoms with Gasteiger partial charge in [-0.2, -0.15) is 0 Å². The normalized spacial score (nSPS) is 19.1. The van der Waals surface area contributed by atoms with Crippen LogP contribution in [-0.4, -0.2) is 59.7 Å². The first-order valence-corrected chi connectivity index (χ1v) is 13.0. The fraction of sp³-hybridized carbons (Fsp3) is 0.458. The van der Waals surface area contributed by atoms with Gasteiger partial charge in [0.1, 0.15) is 22.6 Å². The maximum atomic E-state index is 12.7. The van der Waals surface area contributed by atoms with Crippen molar-refractivity contribution in [3.63, 3.8) is 0 Å². The highest BCUT2D eigenvalue weighted by Gasteiger charge is 2.31. The van der Waals surface area contributed by atoms with Crippen LogP contribution in [0, 0.1) is 13.8 Å². The third-order valence-electron chi connectivity index (χ3n) is 6.26. The largest absolute Gasteiger partial charge is 0.368 e. The molecule has 0 bridgehead atoms. The zero-order chi connectivity index (χ0) is 22.1. The number of hydrogen-bond donors (Lipinski definition) is 0. The highest BCUT2D eigenvalue weighted by atomic mass is 32.2. The fourth-order valence-electron chi connectivity index (χ4n) is 4.34. The standard InChI is InChI=1S/C24H28N4O2S2/c1-16-17(2)32-23-21(16)22(25-20(26-23)15-31-18-7-4-3-5-8-18)27-10-12-28(13-11-27)24(29)19-9-6-14-30-19/h3-5,7-8,19H,6,9-15H2,1-2H3. The van der Waals surface area contributed by atoms with Gasteiger partial charge in [0.25, 0.3) is 5.91 Å². The number of piperazine rings is 1. The Labute approximate surface area is 197 Å². The molecular weight excluding hydrogens is 440 g/mol. The van der Waals surface area contributed by atoms with Crippen molar-refractivity contribution in [1.29, 1.82) is 0 Å². The number of nitrogens with zero attached hydrogens (tertiary/aromatic N) is 4. The summed E-state index contributed by atoms with van der Waals surface area (Å²) in [6, 6.07) is 10.4. The lowest BCUT2D eigenvalue weighted by Crippen LogP contribution is -2.51. The van der Waals surface area contributed by atoms with Gasteiger partial charge in [0.05, 0.1) is 11.1 Å².